The van der Waals surface area contributed by atoms with Gasteiger partial charge in [0.15, 0.2) is 0 Å². The summed E-state index contributed by atoms with van der Waals surface area (Å²) in [6.07, 6.45) is 0.742. The van der Waals surface area contributed by atoms with Crippen molar-refractivity contribution < 1.29 is 12.8 Å². The van der Waals surface area contributed by atoms with Crippen molar-refractivity contribution in [2.45, 2.75) is 32.1 Å². The van der Waals surface area contributed by atoms with Gasteiger partial charge in [-0.1, -0.05) is 22.9 Å². The smallest absolute Gasteiger partial charge is 0.207 e. The summed E-state index contributed by atoms with van der Waals surface area (Å²) in [7, 11) is -3.56. The van der Waals surface area contributed by atoms with E-state index in [1.807, 2.05) is 0 Å². The van der Waals surface area contributed by atoms with Crippen LogP contribution >= 0.6 is 15.9 Å². The zero-order chi connectivity index (χ0) is 14.6. The van der Waals surface area contributed by atoms with Crippen molar-refractivity contribution in [3.8, 4) is 0 Å². The Morgan fingerprint density at radius 1 is 1.26 bits per heavy atom. The Kier molecular flexibility index (Phi) is 5.95. The third kappa shape index (κ3) is 3.77. The molecule has 0 saturated heterocycles. The van der Waals surface area contributed by atoms with Gasteiger partial charge in [0, 0.05) is 18.4 Å². The fourth-order valence-corrected chi connectivity index (χ4v) is 4.27. The van der Waals surface area contributed by atoms with Crippen LogP contribution in [0.3, 0.4) is 0 Å². The predicted molar refractivity (Wildman–Crippen MR) is 78.7 cm³/mol. The largest absolute Gasteiger partial charge is 0.243 e. The molecule has 0 saturated carbocycles. The average Bonchev–Trinajstić information content (AvgIpc) is 2.27. The third-order valence-corrected chi connectivity index (χ3v) is 5.76. The van der Waals surface area contributed by atoms with Crippen LogP contribution in [-0.4, -0.2) is 31.1 Å². The van der Waals surface area contributed by atoms with Crippen molar-refractivity contribution >= 4 is 26.0 Å². The van der Waals surface area contributed by atoms with Crippen molar-refractivity contribution in [1.29, 1.82) is 0 Å². The summed E-state index contributed by atoms with van der Waals surface area (Å²) in [5, 5.41) is 0.750. The van der Waals surface area contributed by atoms with E-state index < -0.39 is 15.8 Å². The van der Waals surface area contributed by atoms with Gasteiger partial charge in [-0.05, 0) is 43.5 Å². The number of benzene rings is 1. The van der Waals surface area contributed by atoms with Crippen LogP contribution in [0.4, 0.5) is 4.39 Å². The first-order chi connectivity index (χ1) is 8.84. The lowest BCUT2D eigenvalue weighted by Gasteiger charge is -2.22. The van der Waals surface area contributed by atoms with E-state index in [-0.39, 0.29) is 4.90 Å². The summed E-state index contributed by atoms with van der Waals surface area (Å²) in [5.41, 5.74) is 0.907. The van der Waals surface area contributed by atoms with Gasteiger partial charge >= 0.3 is 0 Å². The van der Waals surface area contributed by atoms with Crippen LogP contribution in [0.1, 0.15) is 24.5 Å². The van der Waals surface area contributed by atoms with E-state index in [0.717, 1.165) is 11.8 Å². The minimum absolute atomic E-state index is 0.227. The molecule has 0 aliphatic rings. The van der Waals surface area contributed by atoms with Gasteiger partial charge < -0.3 is 0 Å². The molecule has 6 heteroatoms. The van der Waals surface area contributed by atoms with Crippen LogP contribution in [0.2, 0.25) is 0 Å². The summed E-state index contributed by atoms with van der Waals surface area (Å²) in [6, 6.07) is 2.52. The first-order valence-corrected chi connectivity index (χ1v) is 8.73. The second-order valence-corrected chi connectivity index (χ2v) is 7.08. The van der Waals surface area contributed by atoms with Gasteiger partial charge in [0.2, 0.25) is 10.0 Å². The minimum Gasteiger partial charge on any atom is -0.207 e. The number of nitrogens with zero attached hydrogens (tertiary/aromatic N) is 1. The highest BCUT2D eigenvalue weighted by atomic mass is 79.9. The van der Waals surface area contributed by atoms with Gasteiger partial charge in [0.25, 0.3) is 0 Å². The summed E-state index contributed by atoms with van der Waals surface area (Å²) in [5.74, 6) is -0.405. The molecule has 19 heavy (non-hydrogen) atoms. The molecule has 0 atom stereocenters. The molecule has 1 rings (SSSR count). The molecule has 0 aliphatic heterocycles. The van der Waals surface area contributed by atoms with Gasteiger partial charge in [-0.3, -0.25) is 0 Å². The highest BCUT2D eigenvalue weighted by Crippen LogP contribution is 2.25. The fourth-order valence-electron chi connectivity index (χ4n) is 2.12. The topological polar surface area (TPSA) is 37.4 Å². The molecule has 3 nitrogen and oxygen atoms in total. The summed E-state index contributed by atoms with van der Waals surface area (Å²) in [6.45, 7) is 5.93. The lowest BCUT2D eigenvalue weighted by Crippen LogP contribution is -2.33. The van der Waals surface area contributed by atoms with Crippen LogP contribution in [0, 0.1) is 19.7 Å². The molecule has 0 amide bonds. The molecule has 0 radical (unpaired) electrons. The van der Waals surface area contributed by atoms with Crippen molar-refractivity contribution in [1.82, 2.24) is 4.31 Å². The van der Waals surface area contributed by atoms with Crippen molar-refractivity contribution in [3.05, 3.63) is 29.1 Å². The van der Waals surface area contributed by atoms with Crippen molar-refractivity contribution in [3.63, 3.8) is 0 Å². The maximum atomic E-state index is 13.3. The number of hydrogen-bond acceptors (Lipinski definition) is 2. The Morgan fingerprint density at radius 2 is 1.79 bits per heavy atom. The molecular weight excluding hydrogens is 333 g/mol. The molecule has 0 heterocycles. The van der Waals surface area contributed by atoms with Gasteiger partial charge in [0.1, 0.15) is 5.82 Å². The van der Waals surface area contributed by atoms with Crippen LogP contribution in [0.5, 0.6) is 0 Å². The Labute approximate surface area is 123 Å². The fraction of sp³-hybridized carbons (Fsp3) is 0.538. The Hall–Kier alpha value is -0.460. The molecule has 0 spiro atoms. The second kappa shape index (κ2) is 6.81. The lowest BCUT2D eigenvalue weighted by atomic mass is 10.1. The van der Waals surface area contributed by atoms with Crippen LogP contribution in [-0.2, 0) is 10.0 Å². The van der Waals surface area contributed by atoms with Gasteiger partial charge in [-0.25, -0.2) is 12.8 Å². The molecule has 0 aromatic heterocycles. The average molecular weight is 352 g/mol. The molecule has 1 aromatic carbocycles. The highest BCUT2D eigenvalue weighted by molar-refractivity contribution is 9.09. The summed E-state index contributed by atoms with van der Waals surface area (Å²) < 4.78 is 39.9. The molecule has 1 aromatic rings. The predicted octanol–water partition coefficient (Wildman–Crippen LogP) is 3.24. The van der Waals surface area contributed by atoms with E-state index >= 15 is 0 Å². The monoisotopic (exact) mass is 351 g/mol. The van der Waals surface area contributed by atoms with E-state index in [4.69, 9.17) is 0 Å². The van der Waals surface area contributed by atoms with Crippen molar-refractivity contribution in [2.24, 2.45) is 0 Å². The molecule has 0 N–H and O–H groups in total. The number of hydrogen-bond donors (Lipinski definition) is 0. The molecule has 0 fully saturated rings. The number of aryl methyl sites for hydroxylation is 2. The van der Waals surface area contributed by atoms with Gasteiger partial charge in [-0.2, -0.15) is 4.31 Å². The Balaban J connectivity index is 3.26. The standard InChI is InChI=1S/C13H19BrFNO2S/c1-4-16(7-5-6-14)19(17,18)13-10(2)8-12(15)9-11(13)3/h8-9H,4-7H2,1-3H3. The van der Waals surface area contributed by atoms with Crippen molar-refractivity contribution in [2.75, 3.05) is 18.4 Å². The van der Waals surface area contributed by atoms with Crippen LogP contribution in [0.15, 0.2) is 17.0 Å². The first kappa shape index (κ1) is 16.6. The van der Waals surface area contributed by atoms with Crippen LogP contribution in [0.25, 0.3) is 0 Å². The third-order valence-electron chi connectivity index (χ3n) is 2.92. The first-order valence-electron chi connectivity index (χ1n) is 6.17. The van der Waals surface area contributed by atoms with E-state index in [2.05, 4.69) is 15.9 Å². The Morgan fingerprint density at radius 3 is 2.21 bits per heavy atom. The summed E-state index contributed by atoms with van der Waals surface area (Å²) in [4.78, 5) is 0.227. The molecule has 108 valence electrons. The van der Waals surface area contributed by atoms with E-state index in [9.17, 15) is 12.8 Å². The van der Waals surface area contributed by atoms with Gasteiger partial charge in [-0.15, -0.1) is 0 Å². The lowest BCUT2D eigenvalue weighted by molar-refractivity contribution is 0.427. The molecule has 0 bridgehead atoms. The zero-order valence-corrected chi connectivity index (χ0v) is 13.8. The normalized spacial score (nSPS) is 12.1. The van der Waals surface area contributed by atoms with E-state index in [1.54, 1.807) is 20.8 Å². The summed E-state index contributed by atoms with van der Waals surface area (Å²) >= 11 is 3.30. The SMILES string of the molecule is CCN(CCCBr)S(=O)(=O)c1c(C)cc(F)cc1C. The van der Waals surface area contributed by atoms with Crippen LogP contribution < -0.4 is 0 Å². The Bertz CT molecular complexity index is 523. The van der Waals surface area contributed by atoms with E-state index in [0.29, 0.717) is 24.2 Å². The zero-order valence-electron chi connectivity index (χ0n) is 11.4. The number of sulfonamides is 1. The molecule has 0 aliphatic carbocycles. The quantitative estimate of drug-likeness (QED) is 0.737. The maximum absolute atomic E-state index is 13.3. The number of rotatable bonds is 6. The van der Waals surface area contributed by atoms with E-state index in [1.165, 1.54) is 16.4 Å². The number of halogens is 2. The second-order valence-electron chi connectivity index (χ2n) is 4.41. The highest BCUT2D eigenvalue weighted by Gasteiger charge is 2.26. The molecular formula is C13H19BrFNO2S. The number of alkyl halides is 1. The molecule has 0 unspecified atom stereocenters. The van der Waals surface area contributed by atoms with Gasteiger partial charge in [0.05, 0.1) is 4.90 Å². The minimum atomic E-state index is -3.56. The maximum Gasteiger partial charge on any atom is 0.243 e.